The first-order valence-electron chi connectivity index (χ1n) is 5.91. The fourth-order valence-corrected chi connectivity index (χ4v) is 2.13. The number of anilines is 1. The van der Waals surface area contributed by atoms with Gasteiger partial charge >= 0.3 is 0 Å². The maximum atomic E-state index is 10.8. The number of nitrogens with zero attached hydrogens (tertiary/aromatic N) is 1. The molecule has 2 aromatic carbocycles. The molecular weight excluding hydrogens is 324 g/mol. The summed E-state index contributed by atoms with van der Waals surface area (Å²) in [5.74, 6) is 0.780. The molecule has 0 aromatic heterocycles. The van der Waals surface area contributed by atoms with Gasteiger partial charge in [-0.3, -0.25) is 10.1 Å². The van der Waals surface area contributed by atoms with Crippen molar-refractivity contribution in [3.8, 4) is 5.75 Å². The molecule has 0 saturated carbocycles. The van der Waals surface area contributed by atoms with Gasteiger partial charge in [-0.15, -0.1) is 0 Å². The van der Waals surface area contributed by atoms with E-state index in [0.717, 1.165) is 15.8 Å². The van der Waals surface area contributed by atoms with E-state index in [1.807, 2.05) is 24.3 Å². The molecule has 0 bridgehead atoms. The van der Waals surface area contributed by atoms with Crippen LogP contribution in [-0.2, 0) is 6.54 Å². The second-order valence-electron chi connectivity index (χ2n) is 4.13. The van der Waals surface area contributed by atoms with Crippen molar-refractivity contribution in [3.05, 3.63) is 62.6 Å². The molecule has 0 unspecified atom stereocenters. The van der Waals surface area contributed by atoms with Crippen molar-refractivity contribution >= 4 is 27.3 Å². The summed E-state index contributed by atoms with van der Waals surface area (Å²) in [5.41, 5.74) is 1.77. The second-order valence-corrected chi connectivity index (χ2v) is 4.98. The third-order valence-electron chi connectivity index (χ3n) is 2.78. The minimum atomic E-state index is -0.414. The van der Waals surface area contributed by atoms with Crippen LogP contribution < -0.4 is 10.1 Å². The highest BCUT2D eigenvalue weighted by Gasteiger charge is 2.09. The van der Waals surface area contributed by atoms with Gasteiger partial charge in [0.25, 0.3) is 5.69 Å². The van der Waals surface area contributed by atoms with Gasteiger partial charge in [0, 0.05) is 23.2 Å². The van der Waals surface area contributed by atoms with E-state index in [2.05, 4.69) is 21.2 Å². The monoisotopic (exact) mass is 336 g/mol. The Balaban J connectivity index is 2.13. The Hall–Kier alpha value is -2.08. The molecule has 0 aliphatic carbocycles. The number of benzene rings is 2. The van der Waals surface area contributed by atoms with E-state index >= 15 is 0 Å². The quantitative estimate of drug-likeness (QED) is 0.662. The summed E-state index contributed by atoms with van der Waals surface area (Å²) in [4.78, 5) is 10.4. The van der Waals surface area contributed by atoms with Crippen LogP contribution in [0.2, 0.25) is 0 Å². The number of halogens is 1. The van der Waals surface area contributed by atoms with Crippen LogP contribution in [0.25, 0.3) is 0 Å². The van der Waals surface area contributed by atoms with Crippen molar-refractivity contribution in [2.45, 2.75) is 6.54 Å². The van der Waals surface area contributed by atoms with Crippen LogP contribution in [-0.4, -0.2) is 12.0 Å². The molecule has 0 atom stereocenters. The third-order valence-corrected chi connectivity index (χ3v) is 3.47. The van der Waals surface area contributed by atoms with Crippen LogP contribution in [0, 0.1) is 10.1 Å². The van der Waals surface area contributed by atoms with Crippen LogP contribution in [0.5, 0.6) is 5.75 Å². The first-order valence-corrected chi connectivity index (χ1v) is 6.70. The number of hydrogen-bond donors (Lipinski definition) is 1. The van der Waals surface area contributed by atoms with Gasteiger partial charge < -0.3 is 10.1 Å². The summed E-state index contributed by atoms with van der Waals surface area (Å²) in [5, 5.41) is 13.9. The number of nitrogens with one attached hydrogen (secondary N) is 1. The van der Waals surface area contributed by atoms with Crippen LogP contribution in [0.1, 0.15) is 5.56 Å². The zero-order valence-corrected chi connectivity index (χ0v) is 12.4. The van der Waals surface area contributed by atoms with Gasteiger partial charge in [-0.2, -0.15) is 0 Å². The predicted octanol–water partition coefficient (Wildman–Crippen LogP) is 3.98. The molecule has 0 aliphatic rings. The lowest BCUT2D eigenvalue weighted by atomic mass is 10.2. The zero-order valence-electron chi connectivity index (χ0n) is 10.8. The van der Waals surface area contributed by atoms with E-state index in [1.54, 1.807) is 13.2 Å². The molecule has 2 rings (SSSR count). The number of nitro groups is 1. The van der Waals surface area contributed by atoms with Crippen molar-refractivity contribution in [2.75, 3.05) is 12.4 Å². The van der Waals surface area contributed by atoms with Crippen LogP contribution in [0.15, 0.2) is 46.9 Å². The lowest BCUT2D eigenvalue weighted by Gasteiger charge is -2.09. The number of hydrogen-bond acceptors (Lipinski definition) is 4. The summed E-state index contributed by atoms with van der Waals surface area (Å²) >= 11 is 3.37. The van der Waals surface area contributed by atoms with Crippen molar-refractivity contribution in [1.29, 1.82) is 0 Å². The average Bonchev–Trinajstić information content (AvgIpc) is 2.46. The minimum absolute atomic E-state index is 0.0568. The Morgan fingerprint density at radius 2 is 2.10 bits per heavy atom. The molecule has 0 heterocycles. The van der Waals surface area contributed by atoms with E-state index in [0.29, 0.717) is 12.2 Å². The van der Waals surface area contributed by atoms with Crippen molar-refractivity contribution in [2.24, 2.45) is 0 Å². The highest BCUT2D eigenvalue weighted by atomic mass is 79.9. The summed E-state index contributed by atoms with van der Waals surface area (Å²) in [7, 11) is 1.61. The molecule has 0 radical (unpaired) electrons. The molecule has 20 heavy (non-hydrogen) atoms. The van der Waals surface area contributed by atoms with Crippen molar-refractivity contribution in [1.82, 2.24) is 0 Å². The number of ether oxygens (including phenoxy) is 1. The van der Waals surface area contributed by atoms with Gasteiger partial charge in [0.1, 0.15) is 5.75 Å². The van der Waals surface area contributed by atoms with Gasteiger partial charge in [-0.05, 0) is 39.7 Å². The number of methoxy groups -OCH3 is 1. The molecule has 5 nitrogen and oxygen atoms in total. The summed E-state index contributed by atoms with van der Waals surface area (Å²) in [6, 6.07) is 12.3. The summed E-state index contributed by atoms with van der Waals surface area (Å²) < 4.78 is 5.94. The first kappa shape index (κ1) is 14.3. The summed E-state index contributed by atoms with van der Waals surface area (Å²) in [6.45, 7) is 0.553. The van der Waals surface area contributed by atoms with E-state index in [9.17, 15) is 10.1 Å². The molecule has 0 amide bonds. The maximum absolute atomic E-state index is 10.8. The fraction of sp³-hybridized carbons (Fsp3) is 0.143. The SMILES string of the molecule is COc1cccc(CNc2cc([N+](=O)[O-])ccc2Br)c1. The number of rotatable bonds is 5. The van der Waals surface area contributed by atoms with E-state index in [-0.39, 0.29) is 5.69 Å². The molecule has 6 heteroatoms. The van der Waals surface area contributed by atoms with Gasteiger partial charge in [-0.25, -0.2) is 0 Å². The highest BCUT2D eigenvalue weighted by Crippen LogP contribution is 2.27. The van der Waals surface area contributed by atoms with Gasteiger partial charge in [0.2, 0.25) is 0 Å². The molecule has 0 saturated heterocycles. The minimum Gasteiger partial charge on any atom is -0.497 e. The Kier molecular flexibility index (Phi) is 4.57. The second kappa shape index (κ2) is 6.38. The van der Waals surface area contributed by atoms with E-state index in [4.69, 9.17) is 4.74 Å². The molecule has 0 fully saturated rings. The highest BCUT2D eigenvalue weighted by molar-refractivity contribution is 9.10. The fourth-order valence-electron chi connectivity index (χ4n) is 1.74. The molecule has 104 valence electrons. The number of nitro benzene ring substituents is 1. The zero-order chi connectivity index (χ0) is 14.5. The maximum Gasteiger partial charge on any atom is 0.271 e. The van der Waals surface area contributed by atoms with E-state index in [1.165, 1.54) is 12.1 Å². The van der Waals surface area contributed by atoms with Gasteiger partial charge in [0.05, 0.1) is 17.7 Å². The summed E-state index contributed by atoms with van der Waals surface area (Å²) in [6.07, 6.45) is 0. The largest absolute Gasteiger partial charge is 0.497 e. The predicted molar refractivity (Wildman–Crippen MR) is 81.1 cm³/mol. The molecule has 1 N–H and O–H groups in total. The Labute approximate surface area is 124 Å². The molecular formula is C14H13BrN2O3. The standard InChI is InChI=1S/C14H13BrN2O3/c1-20-12-4-2-3-10(7-12)9-16-14-8-11(17(18)19)5-6-13(14)15/h2-8,16H,9H2,1H3. The Morgan fingerprint density at radius 3 is 2.80 bits per heavy atom. The van der Waals surface area contributed by atoms with E-state index < -0.39 is 4.92 Å². The van der Waals surface area contributed by atoms with Crippen molar-refractivity contribution < 1.29 is 9.66 Å². The van der Waals surface area contributed by atoms with Gasteiger partial charge in [0.15, 0.2) is 0 Å². The Morgan fingerprint density at radius 1 is 1.30 bits per heavy atom. The molecule has 0 spiro atoms. The lowest BCUT2D eigenvalue weighted by Crippen LogP contribution is -2.01. The van der Waals surface area contributed by atoms with Crippen LogP contribution in [0.4, 0.5) is 11.4 Å². The van der Waals surface area contributed by atoms with Crippen molar-refractivity contribution in [3.63, 3.8) is 0 Å². The normalized spacial score (nSPS) is 10.1. The Bertz CT molecular complexity index is 632. The molecule has 0 aliphatic heterocycles. The lowest BCUT2D eigenvalue weighted by molar-refractivity contribution is -0.384. The molecule has 2 aromatic rings. The van der Waals surface area contributed by atoms with Crippen LogP contribution in [0.3, 0.4) is 0 Å². The van der Waals surface area contributed by atoms with Crippen LogP contribution >= 0.6 is 15.9 Å². The average molecular weight is 337 g/mol. The smallest absolute Gasteiger partial charge is 0.271 e. The third kappa shape index (κ3) is 3.48. The topological polar surface area (TPSA) is 64.4 Å². The first-order chi connectivity index (χ1) is 9.60. The number of non-ortho nitro benzene ring substituents is 1. The van der Waals surface area contributed by atoms with Gasteiger partial charge in [-0.1, -0.05) is 12.1 Å².